The van der Waals surface area contributed by atoms with Gasteiger partial charge in [0.25, 0.3) is 0 Å². The first-order valence-corrected chi connectivity index (χ1v) is 20.1. The molecule has 0 unspecified atom stereocenters. The predicted molar refractivity (Wildman–Crippen MR) is 220 cm³/mol. The summed E-state index contributed by atoms with van der Waals surface area (Å²) in [5.41, 5.74) is 9.23. The Morgan fingerprint density at radius 3 is 2.04 bits per heavy atom. The van der Waals surface area contributed by atoms with Gasteiger partial charge in [-0.1, -0.05) is 91.7 Å². The van der Waals surface area contributed by atoms with E-state index in [1.54, 1.807) is 13.1 Å². The standard InChI is InChI=1S/C44H57N7O6/c1-30(57-29-32-18-8-5-9-19-32)40-44(56)46-25-15-3-2-10-23-39(52)48-37(26-31-16-6-4-7-17-31)42(54)50-38(27-33-28-47-35-21-12-11-20-34(33)35)43(55)49-36(41(53)51-40)22-13-14-24-45/h4-9,11-12,16-21,28,30,36-38,40,47H,2-3,10,13-15,22-27,29,45H2,1H3,(H,46,56)(H,48,52)(H,49,55)(H,50,54)(H,51,53)/t30-,36+,37+,38-,40+/m1/s1. The molecule has 1 aromatic heterocycles. The molecule has 2 heterocycles. The van der Waals surface area contributed by atoms with Crippen molar-refractivity contribution in [2.75, 3.05) is 13.1 Å². The Morgan fingerprint density at radius 2 is 1.30 bits per heavy atom. The van der Waals surface area contributed by atoms with E-state index in [9.17, 15) is 24.0 Å². The zero-order valence-electron chi connectivity index (χ0n) is 32.8. The molecule has 5 rings (SSSR count). The molecular weight excluding hydrogens is 723 g/mol. The number of nitrogens with one attached hydrogen (secondary N) is 6. The van der Waals surface area contributed by atoms with Gasteiger partial charge in [0.15, 0.2) is 0 Å². The Balaban J connectivity index is 1.45. The molecule has 0 bridgehead atoms. The summed E-state index contributed by atoms with van der Waals surface area (Å²) in [6.07, 6.45) is 5.76. The highest BCUT2D eigenvalue weighted by atomic mass is 16.5. The highest BCUT2D eigenvalue weighted by molar-refractivity contribution is 5.96. The van der Waals surface area contributed by atoms with Crippen molar-refractivity contribution in [1.82, 2.24) is 31.6 Å². The summed E-state index contributed by atoms with van der Waals surface area (Å²) >= 11 is 0. The van der Waals surface area contributed by atoms with E-state index in [0.29, 0.717) is 38.8 Å². The third kappa shape index (κ3) is 13.3. The molecule has 1 fully saturated rings. The maximum absolute atomic E-state index is 14.4. The summed E-state index contributed by atoms with van der Waals surface area (Å²) in [6.45, 7) is 2.73. The molecule has 0 aliphatic carbocycles. The lowest BCUT2D eigenvalue weighted by Crippen LogP contribution is -2.60. The summed E-state index contributed by atoms with van der Waals surface area (Å²) in [4.78, 5) is 73.0. The molecule has 1 saturated heterocycles. The van der Waals surface area contributed by atoms with Crippen LogP contribution in [0.1, 0.15) is 75.0 Å². The number of unbranched alkanes of at least 4 members (excludes halogenated alkanes) is 1. The molecule has 1 aliphatic rings. The molecule has 0 radical (unpaired) electrons. The van der Waals surface area contributed by atoms with E-state index in [1.807, 2.05) is 84.9 Å². The number of hydrogen-bond acceptors (Lipinski definition) is 7. The first-order chi connectivity index (χ1) is 27.7. The molecule has 13 nitrogen and oxygen atoms in total. The molecule has 13 heteroatoms. The number of H-pyrrole nitrogens is 1. The number of para-hydroxylation sites is 1. The number of benzene rings is 3. The fourth-order valence-corrected chi connectivity index (χ4v) is 7.00. The average Bonchev–Trinajstić information content (AvgIpc) is 3.63. The average molecular weight is 780 g/mol. The van der Waals surface area contributed by atoms with Crippen molar-refractivity contribution in [2.24, 2.45) is 5.73 Å². The third-order valence-electron chi connectivity index (χ3n) is 10.3. The molecule has 0 spiro atoms. The maximum atomic E-state index is 14.4. The van der Waals surface area contributed by atoms with Crippen molar-refractivity contribution >= 4 is 40.4 Å². The second-order valence-corrected chi connectivity index (χ2v) is 14.7. The van der Waals surface area contributed by atoms with Crippen molar-refractivity contribution < 1.29 is 28.7 Å². The zero-order chi connectivity index (χ0) is 40.4. The Labute approximate surface area is 334 Å². The predicted octanol–water partition coefficient (Wildman–Crippen LogP) is 3.71. The highest BCUT2D eigenvalue weighted by Gasteiger charge is 2.34. The van der Waals surface area contributed by atoms with E-state index < -0.39 is 53.9 Å². The number of fused-ring (bicyclic) bond motifs is 1. The number of amides is 5. The van der Waals surface area contributed by atoms with Gasteiger partial charge in [-0.2, -0.15) is 0 Å². The molecule has 304 valence electrons. The molecule has 5 amide bonds. The van der Waals surface area contributed by atoms with Crippen LogP contribution in [0.2, 0.25) is 0 Å². The molecule has 1 aliphatic heterocycles. The van der Waals surface area contributed by atoms with Crippen molar-refractivity contribution in [3.63, 3.8) is 0 Å². The van der Waals surface area contributed by atoms with Gasteiger partial charge in [0.05, 0.1) is 12.7 Å². The van der Waals surface area contributed by atoms with Crippen LogP contribution in [0.15, 0.2) is 91.1 Å². The van der Waals surface area contributed by atoms with Gasteiger partial charge >= 0.3 is 0 Å². The summed E-state index contributed by atoms with van der Waals surface area (Å²) in [5.74, 6) is -2.34. The van der Waals surface area contributed by atoms with E-state index in [2.05, 4.69) is 31.6 Å². The van der Waals surface area contributed by atoms with Crippen molar-refractivity contribution in [3.8, 4) is 0 Å². The van der Waals surface area contributed by atoms with Crippen LogP contribution in [0.4, 0.5) is 0 Å². The second-order valence-electron chi connectivity index (χ2n) is 14.7. The first kappa shape index (κ1) is 42.6. The molecule has 5 atom stereocenters. The van der Waals surface area contributed by atoms with Crippen LogP contribution < -0.4 is 32.3 Å². The number of aromatic nitrogens is 1. The lowest BCUT2D eigenvalue weighted by molar-refractivity contribution is -0.136. The first-order valence-electron chi connectivity index (χ1n) is 20.1. The fourth-order valence-electron chi connectivity index (χ4n) is 7.00. The lowest BCUT2D eigenvalue weighted by Gasteiger charge is -2.29. The third-order valence-corrected chi connectivity index (χ3v) is 10.3. The SMILES string of the molecule is C[C@@H](OCc1ccccc1)[C@@H]1NC(=O)[C@H](CCCCN)NC(=O)[C@@H](Cc2c[nH]c3ccccc23)NC(=O)[C@H](Cc2ccccc2)NC(=O)CCCCCCNC1=O. The minimum absolute atomic E-state index is 0.0973. The number of carbonyl (C=O) groups is 5. The number of aromatic amines is 1. The summed E-state index contributed by atoms with van der Waals surface area (Å²) < 4.78 is 6.12. The van der Waals surface area contributed by atoms with Crippen LogP contribution in [0, 0.1) is 0 Å². The lowest BCUT2D eigenvalue weighted by atomic mass is 10.0. The van der Waals surface area contributed by atoms with Crippen LogP contribution in [0.3, 0.4) is 0 Å². The van der Waals surface area contributed by atoms with Crippen molar-refractivity contribution in [1.29, 1.82) is 0 Å². The van der Waals surface area contributed by atoms with Gasteiger partial charge in [-0.3, -0.25) is 24.0 Å². The Bertz CT molecular complexity index is 1900. The summed E-state index contributed by atoms with van der Waals surface area (Å²) in [5, 5.41) is 15.5. The van der Waals surface area contributed by atoms with Crippen LogP contribution in [0.5, 0.6) is 0 Å². The van der Waals surface area contributed by atoms with E-state index in [-0.39, 0.29) is 38.2 Å². The summed E-state index contributed by atoms with van der Waals surface area (Å²) in [7, 11) is 0. The topological polar surface area (TPSA) is 197 Å². The van der Waals surface area contributed by atoms with E-state index in [4.69, 9.17) is 10.5 Å². The fraction of sp³-hybridized carbons (Fsp3) is 0.432. The van der Waals surface area contributed by atoms with Gasteiger partial charge in [0, 0.05) is 42.9 Å². The van der Waals surface area contributed by atoms with Crippen LogP contribution >= 0.6 is 0 Å². The Hall–Kier alpha value is -5.53. The molecule has 4 aromatic rings. The Morgan fingerprint density at radius 1 is 0.667 bits per heavy atom. The van der Waals surface area contributed by atoms with Crippen molar-refractivity contribution in [2.45, 2.75) is 108 Å². The van der Waals surface area contributed by atoms with Crippen LogP contribution in [0.25, 0.3) is 10.9 Å². The minimum atomic E-state index is -1.13. The normalized spacial score (nSPS) is 21.4. The highest BCUT2D eigenvalue weighted by Crippen LogP contribution is 2.20. The zero-order valence-corrected chi connectivity index (χ0v) is 32.8. The van der Waals surface area contributed by atoms with Crippen molar-refractivity contribution in [3.05, 3.63) is 108 Å². The molecule has 3 aromatic carbocycles. The number of nitrogens with two attached hydrogens (primary N) is 1. The summed E-state index contributed by atoms with van der Waals surface area (Å²) in [6, 6.07) is 22.4. The molecule has 8 N–H and O–H groups in total. The monoisotopic (exact) mass is 779 g/mol. The van der Waals surface area contributed by atoms with Gasteiger partial charge in [0.1, 0.15) is 24.2 Å². The second kappa shape index (κ2) is 22.3. The van der Waals surface area contributed by atoms with E-state index in [1.165, 1.54) is 0 Å². The van der Waals surface area contributed by atoms with Gasteiger partial charge in [0.2, 0.25) is 29.5 Å². The van der Waals surface area contributed by atoms with Gasteiger partial charge in [-0.05, 0) is 68.3 Å². The number of ether oxygens (including phenoxy) is 1. The maximum Gasteiger partial charge on any atom is 0.245 e. The van der Waals surface area contributed by atoms with Crippen LogP contribution in [-0.2, 0) is 48.2 Å². The van der Waals surface area contributed by atoms with Crippen LogP contribution in [-0.4, -0.2) is 77.9 Å². The molecule has 0 saturated carbocycles. The number of rotatable bonds is 12. The van der Waals surface area contributed by atoms with Gasteiger partial charge in [-0.25, -0.2) is 0 Å². The molecular formula is C44H57N7O6. The smallest absolute Gasteiger partial charge is 0.245 e. The number of hydrogen-bond donors (Lipinski definition) is 7. The van der Waals surface area contributed by atoms with E-state index in [0.717, 1.165) is 40.4 Å². The minimum Gasteiger partial charge on any atom is -0.371 e. The largest absolute Gasteiger partial charge is 0.371 e. The number of carbonyl (C=O) groups excluding carboxylic acids is 5. The van der Waals surface area contributed by atoms with Gasteiger partial charge in [-0.15, -0.1) is 0 Å². The Kier molecular flexibility index (Phi) is 16.6. The van der Waals surface area contributed by atoms with E-state index >= 15 is 0 Å². The molecule has 57 heavy (non-hydrogen) atoms. The van der Waals surface area contributed by atoms with Gasteiger partial charge < -0.3 is 42.0 Å². The quantitative estimate of drug-likeness (QED) is 0.107.